The van der Waals surface area contributed by atoms with Gasteiger partial charge in [0, 0.05) is 44.8 Å². The van der Waals surface area contributed by atoms with Crippen LogP contribution >= 0.6 is 23.4 Å². The molecule has 2 amide bonds. The van der Waals surface area contributed by atoms with E-state index in [-0.39, 0.29) is 29.2 Å². The van der Waals surface area contributed by atoms with Gasteiger partial charge in [-0.3, -0.25) is 9.59 Å². The molecular formula is C24H29ClFN5O2S. The Balaban J connectivity index is 1.38. The lowest BCUT2D eigenvalue weighted by atomic mass is 9.99. The van der Waals surface area contributed by atoms with E-state index in [0.29, 0.717) is 41.7 Å². The Morgan fingerprint density at radius 1 is 1.12 bits per heavy atom. The van der Waals surface area contributed by atoms with Crippen molar-refractivity contribution in [3.8, 4) is 0 Å². The second-order valence-corrected chi connectivity index (χ2v) is 10.3. The molecular weight excluding hydrogens is 477 g/mol. The van der Waals surface area contributed by atoms with Crippen LogP contribution in [0.1, 0.15) is 37.0 Å². The molecule has 7 nitrogen and oxygen atoms in total. The number of carbonyl (C=O) groups excluding carboxylic acids is 2. The third kappa shape index (κ3) is 5.81. The number of carbonyl (C=O) groups is 2. The van der Waals surface area contributed by atoms with E-state index in [1.54, 1.807) is 23.1 Å². The summed E-state index contributed by atoms with van der Waals surface area (Å²) in [7, 11) is 0. The van der Waals surface area contributed by atoms with Gasteiger partial charge in [-0.05, 0) is 37.8 Å². The zero-order valence-corrected chi connectivity index (χ0v) is 21.0. The molecule has 2 aliphatic heterocycles. The summed E-state index contributed by atoms with van der Waals surface area (Å²) in [6.45, 7) is 7.25. The number of thioether (sulfide) groups is 1. The Kier molecular flexibility index (Phi) is 7.93. The number of likely N-dealkylation sites (tertiary alicyclic amines) is 1. The van der Waals surface area contributed by atoms with E-state index in [0.717, 1.165) is 25.9 Å². The lowest BCUT2D eigenvalue weighted by Gasteiger charge is -2.40. The number of aromatic nitrogens is 2. The summed E-state index contributed by atoms with van der Waals surface area (Å²) in [5.41, 5.74) is 0.0828. The third-order valence-electron chi connectivity index (χ3n) is 6.44. The highest BCUT2D eigenvalue weighted by Gasteiger charge is 2.30. The SMILES string of the molecule is CC1CCN(C(=O)CSc2nc(Cl)cc(N3CCN(C(=O)c4ccccc4F)C(C)C3)n2)CC1. The molecule has 1 atom stereocenters. The van der Waals surface area contributed by atoms with Crippen molar-refractivity contribution in [2.24, 2.45) is 5.92 Å². The molecule has 182 valence electrons. The number of benzene rings is 1. The second-order valence-electron chi connectivity index (χ2n) is 8.96. The molecule has 0 saturated carbocycles. The molecule has 0 aliphatic carbocycles. The average molecular weight is 506 g/mol. The fraction of sp³-hybridized carbons (Fsp3) is 0.500. The number of rotatable bonds is 5. The van der Waals surface area contributed by atoms with Crippen LogP contribution in [0.5, 0.6) is 0 Å². The van der Waals surface area contributed by atoms with Crippen LogP contribution in [0.25, 0.3) is 0 Å². The Hall–Kier alpha value is -2.39. The largest absolute Gasteiger partial charge is 0.353 e. The van der Waals surface area contributed by atoms with E-state index in [9.17, 15) is 14.0 Å². The molecule has 2 fully saturated rings. The van der Waals surface area contributed by atoms with Gasteiger partial charge in [-0.25, -0.2) is 14.4 Å². The quantitative estimate of drug-likeness (QED) is 0.348. The van der Waals surface area contributed by atoms with Crippen LogP contribution in [0.4, 0.5) is 10.2 Å². The highest BCUT2D eigenvalue weighted by Crippen LogP contribution is 2.26. The molecule has 4 rings (SSSR count). The summed E-state index contributed by atoms with van der Waals surface area (Å²) in [6.07, 6.45) is 2.08. The fourth-order valence-corrected chi connectivity index (χ4v) is 5.33. The van der Waals surface area contributed by atoms with E-state index in [4.69, 9.17) is 11.6 Å². The lowest BCUT2D eigenvalue weighted by molar-refractivity contribution is -0.129. The van der Waals surface area contributed by atoms with Gasteiger partial charge in [0.25, 0.3) is 5.91 Å². The van der Waals surface area contributed by atoms with Crippen LogP contribution in [0.2, 0.25) is 5.15 Å². The number of anilines is 1. The molecule has 2 aliphatic rings. The maximum atomic E-state index is 14.1. The molecule has 3 heterocycles. The molecule has 2 saturated heterocycles. The molecule has 1 unspecified atom stereocenters. The van der Waals surface area contributed by atoms with Crippen molar-refractivity contribution in [3.63, 3.8) is 0 Å². The van der Waals surface area contributed by atoms with Crippen molar-refractivity contribution in [1.29, 1.82) is 0 Å². The van der Waals surface area contributed by atoms with E-state index in [1.807, 2.05) is 16.7 Å². The summed E-state index contributed by atoms with van der Waals surface area (Å²) in [4.78, 5) is 40.0. The van der Waals surface area contributed by atoms with Crippen LogP contribution in [0.3, 0.4) is 0 Å². The minimum Gasteiger partial charge on any atom is -0.353 e. The Bertz CT molecular complexity index is 1050. The Morgan fingerprint density at radius 3 is 2.56 bits per heavy atom. The van der Waals surface area contributed by atoms with Gasteiger partial charge in [-0.1, -0.05) is 42.4 Å². The Morgan fingerprint density at radius 2 is 1.85 bits per heavy atom. The highest BCUT2D eigenvalue weighted by molar-refractivity contribution is 7.99. The molecule has 0 spiro atoms. The monoisotopic (exact) mass is 505 g/mol. The number of hydrogen-bond donors (Lipinski definition) is 0. The van der Waals surface area contributed by atoms with Gasteiger partial charge < -0.3 is 14.7 Å². The number of halogens is 2. The van der Waals surface area contributed by atoms with Crippen molar-refractivity contribution in [2.75, 3.05) is 43.4 Å². The van der Waals surface area contributed by atoms with Gasteiger partial charge in [0.05, 0.1) is 11.3 Å². The summed E-state index contributed by atoms with van der Waals surface area (Å²) in [6, 6.07) is 7.59. The van der Waals surface area contributed by atoms with E-state index >= 15 is 0 Å². The molecule has 0 radical (unpaired) electrons. The van der Waals surface area contributed by atoms with Gasteiger partial charge in [-0.2, -0.15) is 0 Å². The van der Waals surface area contributed by atoms with E-state index in [2.05, 4.69) is 16.9 Å². The van der Waals surface area contributed by atoms with Crippen LogP contribution in [0, 0.1) is 11.7 Å². The van der Waals surface area contributed by atoms with Crippen LogP contribution < -0.4 is 4.90 Å². The molecule has 1 aromatic carbocycles. The van der Waals surface area contributed by atoms with E-state index in [1.165, 1.54) is 23.9 Å². The van der Waals surface area contributed by atoms with Crippen molar-refractivity contribution in [1.82, 2.24) is 19.8 Å². The van der Waals surface area contributed by atoms with Crippen molar-refractivity contribution >= 4 is 41.0 Å². The van der Waals surface area contributed by atoms with Gasteiger partial charge in [0.1, 0.15) is 16.8 Å². The zero-order valence-electron chi connectivity index (χ0n) is 19.4. The molecule has 0 bridgehead atoms. The van der Waals surface area contributed by atoms with Crippen molar-refractivity contribution in [3.05, 3.63) is 46.9 Å². The topological polar surface area (TPSA) is 69.6 Å². The summed E-state index contributed by atoms with van der Waals surface area (Å²) >= 11 is 7.56. The maximum absolute atomic E-state index is 14.1. The maximum Gasteiger partial charge on any atom is 0.257 e. The third-order valence-corrected chi connectivity index (χ3v) is 7.46. The summed E-state index contributed by atoms with van der Waals surface area (Å²) in [5, 5.41) is 0.767. The predicted octanol–water partition coefficient (Wildman–Crippen LogP) is 3.97. The van der Waals surface area contributed by atoms with E-state index < -0.39 is 5.82 Å². The van der Waals surface area contributed by atoms with Gasteiger partial charge in [0.2, 0.25) is 5.91 Å². The van der Waals surface area contributed by atoms with Gasteiger partial charge in [-0.15, -0.1) is 0 Å². The molecule has 10 heteroatoms. The summed E-state index contributed by atoms with van der Waals surface area (Å²) < 4.78 is 14.1. The normalized spacial score (nSPS) is 19.4. The minimum atomic E-state index is -0.514. The first-order chi connectivity index (χ1) is 16.3. The number of piperazine rings is 1. The number of piperidine rings is 1. The minimum absolute atomic E-state index is 0.0828. The predicted molar refractivity (Wildman–Crippen MR) is 132 cm³/mol. The number of amides is 2. The molecule has 34 heavy (non-hydrogen) atoms. The van der Waals surface area contributed by atoms with Crippen molar-refractivity contribution in [2.45, 2.75) is 37.9 Å². The average Bonchev–Trinajstić information content (AvgIpc) is 2.82. The number of nitrogens with zero attached hydrogens (tertiary/aromatic N) is 5. The fourth-order valence-electron chi connectivity index (χ4n) is 4.34. The molecule has 1 aromatic heterocycles. The van der Waals surface area contributed by atoms with Crippen LogP contribution in [-0.2, 0) is 4.79 Å². The highest BCUT2D eigenvalue weighted by atomic mass is 35.5. The first-order valence-electron chi connectivity index (χ1n) is 11.6. The zero-order chi connectivity index (χ0) is 24.2. The lowest BCUT2D eigenvalue weighted by Crippen LogP contribution is -2.54. The van der Waals surface area contributed by atoms with Crippen LogP contribution in [0.15, 0.2) is 35.5 Å². The molecule has 2 aromatic rings. The number of hydrogen-bond acceptors (Lipinski definition) is 6. The first kappa shape index (κ1) is 24.7. The Labute approximate surface area is 208 Å². The van der Waals surface area contributed by atoms with Gasteiger partial charge in [0.15, 0.2) is 5.16 Å². The van der Waals surface area contributed by atoms with Gasteiger partial charge >= 0.3 is 0 Å². The van der Waals surface area contributed by atoms with Crippen LogP contribution in [-0.4, -0.2) is 76.1 Å². The first-order valence-corrected chi connectivity index (χ1v) is 12.9. The molecule has 0 N–H and O–H groups in total. The van der Waals surface area contributed by atoms with Crippen molar-refractivity contribution < 1.29 is 14.0 Å². The second kappa shape index (κ2) is 10.9. The standard InChI is InChI=1S/C24H29ClFN5O2S/c1-16-7-9-29(10-8-16)22(32)15-34-24-27-20(25)13-21(28-24)30-11-12-31(17(2)14-30)23(33)18-5-3-4-6-19(18)26/h3-6,13,16-17H,7-12,14-15H2,1-2H3. The smallest absolute Gasteiger partial charge is 0.257 e. The summed E-state index contributed by atoms with van der Waals surface area (Å²) in [5.74, 6) is 0.867.